The predicted octanol–water partition coefficient (Wildman–Crippen LogP) is 3.66. The number of allylic oxidation sites excluding steroid dienone is 1. The Labute approximate surface area is 94.3 Å². The fraction of sp³-hybridized carbons (Fsp3) is 0.857. The van der Waals surface area contributed by atoms with Gasteiger partial charge in [-0.3, -0.25) is 0 Å². The van der Waals surface area contributed by atoms with Gasteiger partial charge in [0.05, 0.1) is 0 Å². The summed E-state index contributed by atoms with van der Waals surface area (Å²) in [6.07, 6.45) is 15.2. The standard InChI is InChI=1S/C14H25N/c1-2-8-14(9-3-1)12-15-11-10-13-6-4-5-7-13/h6,14-15H,1-5,7-12H2. The Hall–Kier alpha value is -0.300. The van der Waals surface area contributed by atoms with Crippen molar-refractivity contribution in [3.05, 3.63) is 11.6 Å². The highest BCUT2D eigenvalue weighted by Crippen LogP contribution is 2.23. The normalized spacial score (nSPS) is 23.1. The molecule has 0 unspecified atom stereocenters. The molecule has 1 heteroatoms. The maximum Gasteiger partial charge on any atom is -0.00115 e. The minimum absolute atomic E-state index is 0.983. The lowest BCUT2D eigenvalue weighted by atomic mass is 9.89. The van der Waals surface area contributed by atoms with Gasteiger partial charge < -0.3 is 5.32 Å². The first-order chi connectivity index (χ1) is 7.45. The van der Waals surface area contributed by atoms with Crippen molar-refractivity contribution < 1.29 is 0 Å². The molecule has 1 saturated carbocycles. The van der Waals surface area contributed by atoms with Gasteiger partial charge in [-0.15, -0.1) is 0 Å². The van der Waals surface area contributed by atoms with Gasteiger partial charge in [-0.05, 0) is 57.5 Å². The van der Waals surface area contributed by atoms with Crippen molar-refractivity contribution in [1.29, 1.82) is 0 Å². The predicted molar refractivity (Wildman–Crippen MR) is 66.0 cm³/mol. The first-order valence-electron chi connectivity index (χ1n) is 6.84. The molecular formula is C14H25N. The second-order valence-corrected chi connectivity index (χ2v) is 5.21. The van der Waals surface area contributed by atoms with Gasteiger partial charge in [-0.25, -0.2) is 0 Å². The molecule has 0 aliphatic heterocycles. The third-order valence-electron chi connectivity index (χ3n) is 3.92. The average Bonchev–Trinajstić information content (AvgIpc) is 2.79. The molecule has 0 aromatic heterocycles. The molecule has 1 nitrogen and oxygen atoms in total. The smallest absolute Gasteiger partial charge is 0.00115 e. The molecule has 0 amide bonds. The van der Waals surface area contributed by atoms with Crippen molar-refractivity contribution in [1.82, 2.24) is 5.32 Å². The van der Waals surface area contributed by atoms with Crippen LogP contribution < -0.4 is 5.32 Å². The second kappa shape index (κ2) is 6.32. The van der Waals surface area contributed by atoms with E-state index < -0.39 is 0 Å². The van der Waals surface area contributed by atoms with Gasteiger partial charge in [-0.1, -0.05) is 30.9 Å². The number of hydrogen-bond acceptors (Lipinski definition) is 1. The van der Waals surface area contributed by atoms with Crippen LogP contribution in [-0.2, 0) is 0 Å². The third-order valence-corrected chi connectivity index (χ3v) is 3.92. The van der Waals surface area contributed by atoms with Crippen LogP contribution in [0.25, 0.3) is 0 Å². The summed E-state index contributed by atoms with van der Waals surface area (Å²) in [6.45, 7) is 2.48. The van der Waals surface area contributed by atoms with Crippen molar-refractivity contribution in [3.8, 4) is 0 Å². The van der Waals surface area contributed by atoms with Crippen LogP contribution in [0.2, 0.25) is 0 Å². The van der Waals surface area contributed by atoms with Crippen LogP contribution in [-0.4, -0.2) is 13.1 Å². The van der Waals surface area contributed by atoms with Gasteiger partial charge in [0, 0.05) is 0 Å². The molecular weight excluding hydrogens is 182 g/mol. The van der Waals surface area contributed by atoms with Gasteiger partial charge >= 0.3 is 0 Å². The third kappa shape index (κ3) is 3.98. The Morgan fingerprint density at radius 3 is 2.73 bits per heavy atom. The molecule has 86 valence electrons. The first kappa shape index (κ1) is 11.2. The summed E-state index contributed by atoms with van der Waals surface area (Å²) in [5, 5.41) is 3.64. The summed E-state index contributed by atoms with van der Waals surface area (Å²) in [4.78, 5) is 0. The summed E-state index contributed by atoms with van der Waals surface area (Å²) < 4.78 is 0. The van der Waals surface area contributed by atoms with E-state index in [0.717, 1.165) is 5.92 Å². The summed E-state index contributed by atoms with van der Waals surface area (Å²) in [6, 6.07) is 0. The Balaban J connectivity index is 1.50. The Morgan fingerprint density at radius 1 is 1.13 bits per heavy atom. The fourth-order valence-electron chi connectivity index (χ4n) is 2.91. The van der Waals surface area contributed by atoms with Gasteiger partial charge in [0.25, 0.3) is 0 Å². The Kier molecular flexibility index (Phi) is 4.72. The molecule has 2 aliphatic carbocycles. The molecule has 0 aromatic rings. The van der Waals surface area contributed by atoms with Crippen LogP contribution in [0.5, 0.6) is 0 Å². The molecule has 0 aromatic carbocycles. The van der Waals surface area contributed by atoms with E-state index in [1.54, 1.807) is 5.57 Å². The minimum Gasteiger partial charge on any atom is -0.316 e. The van der Waals surface area contributed by atoms with Crippen LogP contribution in [0, 0.1) is 5.92 Å². The topological polar surface area (TPSA) is 12.0 Å². The lowest BCUT2D eigenvalue weighted by molar-refractivity contribution is 0.343. The molecule has 0 spiro atoms. The molecule has 0 radical (unpaired) electrons. The maximum absolute atomic E-state index is 3.64. The lowest BCUT2D eigenvalue weighted by Crippen LogP contribution is -2.25. The van der Waals surface area contributed by atoms with Crippen LogP contribution in [0.1, 0.15) is 57.8 Å². The number of hydrogen-bond donors (Lipinski definition) is 1. The zero-order valence-corrected chi connectivity index (χ0v) is 9.93. The van der Waals surface area contributed by atoms with E-state index in [9.17, 15) is 0 Å². The van der Waals surface area contributed by atoms with E-state index in [-0.39, 0.29) is 0 Å². The molecule has 0 heterocycles. The molecule has 2 rings (SSSR count). The van der Waals surface area contributed by atoms with Crippen molar-refractivity contribution in [2.24, 2.45) is 5.92 Å². The van der Waals surface area contributed by atoms with Crippen LogP contribution in [0.15, 0.2) is 11.6 Å². The van der Waals surface area contributed by atoms with Crippen LogP contribution in [0.3, 0.4) is 0 Å². The van der Waals surface area contributed by atoms with E-state index in [0.29, 0.717) is 0 Å². The summed E-state index contributed by atoms with van der Waals surface area (Å²) >= 11 is 0. The lowest BCUT2D eigenvalue weighted by Gasteiger charge is -2.21. The molecule has 1 N–H and O–H groups in total. The van der Waals surface area contributed by atoms with E-state index >= 15 is 0 Å². The van der Waals surface area contributed by atoms with E-state index in [2.05, 4.69) is 11.4 Å². The Morgan fingerprint density at radius 2 is 2.00 bits per heavy atom. The SMILES string of the molecule is C1=C(CCNCC2CCCCC2)CCC1. The zero-order valence-electron chi connectivity index (χ0n) is 9.93. The molecule has 1 fully saturated rings. The van der Waals surface area contributed by atoms with Crippen molar-refractivity contribution in [2.45, 2.75) is 57.8 Å². The fourth-order valence-corrected chi connectivity index (χ4v) is 2.91. The highest BCUT2D eigenvalue weighted by atomic mass is 14.9. The van der Waals surface area contributed by atoms with Gasteiger partial charge in [0.2, 0.25) is 0 Å². The van der Waals surface area contributed by atoms with Crippen LogP contribution >= 0.6 is 0 Å². The quantitative estimate of drug-likeness (QED) is 0.536. The molecule has 0 saturated heterocycles. The first-order valence-corrected chi connectivity index (χ1v) is 6.84. The van der Waals surface area contributed by atoms with Gasteiger partial charge in [-0.2, -0.15) is 0 Å². The van der Waals surface area contributed by atoms with E-state index in [1.165, 1.54) is 70.9 Å². The minimum atomic E-state index is 0.983. The summed E-state index contributed by atoms with van der Waals surface area (Å²) in [5.41, 5.74) is 1.70. The largest absolute Gasteiger partial charge is 0.316 e. The summed E-state index contributed by atoms with van der Waals surface area (Å²) in [7, 11) is 0. The number of rotatable bonds is 5. The summed E-state index contributed by atoms with van der Waals surface area (Å²) in [5.74, 6) is 0.983. The van der Waals surface area contributed by atoms with Crippen molar-refractivity contribution in [2.75, 3.05) is 13.1 Å². The van der Waals surface area contributed by atoms with Gasteiger partial charge in [0.1, 0.15) is 0 Å². The monoisotopic (exact) mass is 207 g/mol. The zero-order chi connectivity index (χ0) is 10.3. The Bertz CT molecular complexity index is 201. The van der Waals surface area contributed by atoms with Crippen molar-refractivity contribution >= 4 is 0 Å². The average molecular weight is 207 g/mol. The maximum atomic E-state index is 3.64. The molecule has 15 heavy (non-hydrogen) atoms. The second-order valence-electron chi connectivity index (χ2n) is 5.21. The highest BCUT2D eigenvalue weighted by Gasteiger charge is 2.12. The molecule has 2 aliphatic rings. The van der Waals surface area contributed by atoms with E-state index in [4.69, 9.17) is 0 Å². The molecule has 0 bridgehead atoms. The highest BCUT2D eigenvalue weighted by molar-refractivity contribution is 5.07. The number of nitrogens with one attached hydrogen (secondary N) is 1. The molecule has 0 atom stereocenters. The van der Waals surface area contributed by atoms with Crippen LogP contribution in [0.4, 0.5) is 0 Å². The van der Waals surface area contributed by atoms with Gasteiger partial charge in [0.15, 0.2) is 0 Å². The van der Waals surface area contributed by atoms with Crippen molar-refractivity contribution in [3.63, 3.8) is 0 Å². The van der Waals surface area contributed by atoms with E-state index in [1.807, 2.05) is 0 Å².